The summed E-state index contributed by atoms with van der Waals surface area (Å²) < 4.78 is 0. The second-order valence-electron chi connectivity index (χ2n) is 4.00. The molecule has 1 unspecified atom stereocenters. The normalized spacial score (nSPS) is 18.6. The van der Waals surface area contributed by atoms with E-state index in [4.69, 9.17) is 0 Å². The first kappa shape index (κ1) is 9.26. The molecule has 1 atom stereocenters. The molecule has 0 N–H and O–H groups in total. The molecule has 1 aromatic carbocycles. The van der Waals surface area contributed by atoms with Crippen molar-refractivity contribution in [2.24, 2.45) is 0 Å². The smallest absolute Gasteiger partial charge is 0.00975 e. The molecule has 70 valence electrons. The van der Waals surface area contributed by atoms with E-state index in [2.05, 4.69) is 47.1 Å². The van der Waals surface area contributed by atoms with Crippen molar-refractivity contribution >= 4 is 15.9 Å². The van der Waals surface area contributed by atoms with Crippen LogP contribution in [-0.4, -0.2) is 5.33 Å². The summed E-state index contributed by atoms with van der Waals surface area (Å²) >= 11 is 3.51. The van der Waals surface area contributed by atoms with E-state index < -0.39 is 0 Å². The number of halogens is 1. The Labute approximate surface area is 88.5 Å². The number of hydrogen-bond acceptors (Lipinski definition) is 0. The van der Waals surface area contributed by atoms with Crippen LogP contribution in [0.2, 0.25) is 0 Å². The molecule has 1 aliphatic carbocycles. The molecule has 0 spiro atoms. The van der Waals surface area contributed by atoms with Gasteiger partial charge in [-0.2, -0.15) is 0 Å². The van der Waals surface area contributed by atoms with Crippen molar-refractivity contribution in [1.82, 2.24) is 0 Å². The molecule has 0 nitrogen and oxygen atoms in total. The van der Waals surface area contributed by atoms with Crippen LogP contribution in [0.1, 0.15) is 42.7 Å². The maximum absolute atomic E-state index is 3.51. The van der Waals surface area contributed by atoms with Crippen LogP contribution < -0.4 is 0 Å². The molecule has 0 amide bonds. The van der Waals surface area contributed by atoms with E-state index in [1.165, 1.54) is 24.0 Å². The third-order valence-electron chi connectivity index (χ3n) is 2.79. The molecule has 1 heteroatoms. The van der Waals surface area contributed by atoms with Crippen molar-refractivity contribution in [2.45, 2.75) is 31.6 Å². The molecule has 1 fully saturated rings. The molecule has 0 radical (unpaired) electrons. The molecule has 0 saturated heterocycles. The van der Waals surface area contributed by atoms with Gasteiger partial charge in [-0.05, 0) is 35.8 Å². The fourth-order valence-electron chi connectivity index (χ4n) is 1.60. The van der Waals surface area contributed by atoms with E-state index in [0.717, 1.165) is 11.2 Å². The van der Waals surface area contributed by atoms with Crippen molar-refractivity contribution in [3.63, 3.8) is 0 Å². The molecule has 1 aromatic rings. The number of rotatable bonds is 3. The first-order chi connectivity index (χ1) is 6.31. The molecule has 0 bridgehead atoms. The van der Waals surface area contributed by atoms with Crippen molar-refractivity contribution < 1.29 is 0 Å². The highest BCUT2D eigenvalue weighted by Crippen LogP contribution is 2.40. The van der Waals surface area contributed by atoms with E-state index in [1.54, 1.807) is 0 Å². The van der Waals surface area contributed by atoms with Gasteiger partial charge in [0.1, 0.15) is 0 Å². The van der Waals surface area contributed by atoms with Crippen molar-refractivity contribution in [3.05, 3.63) is 35.4 Å². The van der Waals surface area contributed by atoms with Crippen molar-refractivity contribution in [1.29, 1.82) is 0 Å². The fraction of sp³-hybridized carbons (Fsp3) is 0.500. The lowest BCUT2D eigenvalue weighted by molar-refractivity contribution is 0.885. The molecule has 0 heterocycles. The summed E-state index contributed by atoms with van der Waals surface area (Å²) in [5.74, 6) is 1.52. The predicted molar refractivity (Wildman–Crippen MR) is 60.6 cm³/mol. The lowest BCUT2D eigenvalue weighted by Crippen LogP contribution is -1.94. The number of hydrogen-bond donors (Lipinski definition) is 0. The Hall–Kier alpha value is -0.300. The quantitative estimate of drug-likeness (QED) is 0.697. The van der Waals surface area contributed by atoms with E-state index >= 15 is 0 Å². The lowest BCUT2D eigenvalue weighted by Gasteiger charge is -2.08. The first-order valence-electron chi connectivity index (χ1n) is 4.97. The van der Waals surface area contributed by atoms with Crippen LogP contribution in [0.25, 0.3) is 0 Å². The maximum Gasteiger partial charge on any atom is 0.00975 e. The van der Waals surface area contributed by atoms with Crippen LogP contribution in [-0.2, 0) is 0 Å². The summed E-state index contributed by atoms with van der Waals surface area (Å²) in [6, 6.07) is 9.15. The summed E-state index contributed by atoms with van der Waals surface area (Å²) in [5.41, 5.74) is 2.98. The van der Waals surface area contributed by atoms with Gasteiger partial charge in [0.05, 0.1) is 0 Å². The minimum atomic E-state index is 0.633. The lowest BCUT2D eigenvalue weighted by atomic mass is 10.0. The second kappa shape index (κ2) is 3.83. The standard InChI is InChI=1S/C12H15Br/c1-9(8-13)10-2-4-11(5-3-10)12-6-7-12/h2-5,9,12H,6-8H2,1H3. The van der Waals surface area contributed by atoms with E-state index in [1.807, 2.05) is 0 Å². The predicted octanol–water partition coefficient (Wildman–Crippen LogP) is 4.06. The molecular weight excluding hydrogens is 224 g/mol. The highest BCUT2D eigenvalue weighted by atomic mass is 79.9. The van der Waals surface area contributed by atoms with Gasteiger partial charge in [-0.1, -0.05) is 47.1 Å². The van der Waals surface area contributed by atoms with Crippen LogP contribution in [0.15, 0.2) is 24.3 Å². The molecule has 1 aliphatic rings. The number of benzene rings is 1. The van der Waals surface area contributed by atoms with Gasteiger partial charge in [-0.3, -0.25) is 0 Å². The topological polar surface area (TPSA) is 0 Å². The van der Waals surface area contributed by atoms with Gasteiger partial charge in [0.15, 0.2) is 0 Å². The molecule has 2 rings (SSSR count). The fourth-order valence-corrected chi connectivity index (χ4v) is 1.98. The summed E-state index contributed by atoms with van der Waals surface area (Å²) in [4.78, 5) is 0. The molecular formula is C12H15Br. The van der Waals surface area contributed by atoms with E-state index in [-0.39, 0.29) is 0 Å². The third-order valence-corrected chi connectivity index (χ3v) is 3.76. The Kier molecular flexibility index (Phi) is 2.73. The Morgan fingerprint density at radius 3 is 2.38 bits per heavy atom. The SMILES string of the molecule is CC(CBr)c1ccc(C2CC2)cc1. The largest absolute Gasteiger partial charge is 0.0922 e. The first-order valence-corrected chi connectivity index (χ1v) is 6.09. The highest BCUT2D eigenvalue weighted by molar-refractivity contribution is 9.09. The molecule has 1 saturated carbocycles. The maximum atomic E-state index is 3.51. The summed E-state index contributed by atoms with van der Waals surface area (Å²) in [6.45, 7) is 2.25. The van der Waals surface area contributed by atoms with Gasteiger partial charge >= 0.3 is 0 Å². The number of alkyl halides is 1. The summed E-state index contributed by atoms with van der Waals surface area (Å²) in [7, 11) is 0. The van der Waals surface area contributed by atoms with E-state index in [0.29, 0.717) is 5.92 Å². The average molecular weight is 239 g/mol. The minimum absolute atomic E-state index is 0.633. The Morgan fingerprint density at radius 2 is 1.92 bits per heavy atom. The van der Waals surface area contributed by atoms with Gasteiger partial charge in [0.2, 0.25) is 0 Å². The van der Waals surface area contributed by atoms with Crippen molar-refractivity contribution in [3.8, 4) is 0 Å². The van der Waals surface area contributed by atoms with Gasteiger partial charge in [-0.15, -0.1) is 0 Å². The van der Waals surface area contributed by atoms with Gasteiger partial charge in [0, 0.05) is 5.33 Å². The van der Waals surface area contributed by atoms with Crippen LogP contribution in [0, 0.1) is 0 Å². The van der Waals surface area contributed by atoms with Crippen LogP contribution >= 0.6 is 15.9 Å². The Balaban J connectivity index is 2.12. The molecule has 0 aliphatic heterocycles. The monoisotopic (exact) mass is 238 g/mol. The average Bonchev–Trinajstić information content (AvgIpc) is 3.00. The third kappa shape index (κ3) is 2.14. The van der Waals surface area contributed by atoms with Gasteiger partial charge < -0.3 is 0 Å². The summed E-state index contributed by atoms with van der Waals surface area (Å²) in [6.07, 6.45) is 2.79. The summed E-state index contributed by atoms with van der Waals surface area (Å²) in [5, 5.41) is 1.05. The van der Waals surface area contributed by atoms with Crippen molar-refractivity contribution in [2.75, 3.05) is 5.33 Å². The van der Waals surface area contributed by atoms with Gasteiger partial charge in [-0.25, -0.2) is 0 Å². The van der Waals surface area contributed by atoms with E-state index in [9.17, 15) is 0 Å². The van der Waals surface area contributed by atoms with Crippen LogP contribution in [0.3, 0.4) is 0 Å². The Bertz CT molecular complexity index is 272. The zero-order chi connectivity index (χ0) is 9.26. The second-order valence-corrected chi connectivity index (χ2v) is 4.64. The minimum Gasteiger partial charge on any atom is -0.0922 e. The zero-order valence-corrected chi connectivity index (χ0v) is 9.55. The molecule has 0 aromatic heterocycles. The van der Waals surface area contributed by atoms with Crippen LogP contribution in [0.5, 0.6) is 0 Å². The Morgan fingerprint density at radius 1 is 1.31 bits per heavy atom. The highest BCUT2D eigenvalue weighted by Gasteiger charge is 2.23. The molecule has 13 heavy (non-hydrogen) atoms. The zero-order valence-electron chi connectivity index (χ0n) is 7.96. The van der Waals surface area contributed by atoms with Crippen LogP contribution in [0.4, 0.5) is 0 Å². The van der Waals surface area contributed by atoms with Gasteiger partial charge in [0.25, 0.3) is 0 Å².